The molecular weight excluding hydrogens is 258 g/mol. The van der Waals surface area contributed by atoms with Gasteiger partial charge in [0, 0.05) is 11.6 Å². The fourth-order valence-corrected chi connectivity index (χ4v) is 1.98. The Morgan fingerprint density at radius 1 is 1.40 bits per heavy atom. The number of carbonyl (C=O) groups excluding carboxylic acids is 1. The van der Waals surface area contributed by atoms with Crippen LogP contribution in [-0.4, -0.2) is 17.0 Å². The first-order chi connectivity index (χ1) is 9.45. The predicted octanol–water partition coefficient (Wildman–Crippen LogP) is 4.03. The van der Waals surface area contributed by atoms with E-state index in [9.17, 15) is 14.9 Å². The second kappa shape index (κ2) is 7.62. The zero-order valence-corrected chi connectivity index (χ0v) is 12.2. The van der Waals surface area contributed by atoms with E-state index in [-0.39, 0.29) is 11.8 Å². The van der Waals surface area contributed by atoms with E-state index in [2.05, 4.69) is 6.92 Å². The van der Waals surface area contributed by atoms with Crippen molar-refractivity contribution in [1.82, 2.24) is 0 Å². The molecule has 0 radical (unpaired) electrons. The van der Waals surface area contributed by atoms with Gasteiger partial charge in [-0.05, 0) is 38.8 Å². The summed E-state index contributed by atoms with van der Waals surface area (Å²) >= 11 is 0. The van der Waals surface area contributed by atoms with E-state index in [1.54, 1.807) is 6.92 Å². The van der Waals surface area contributed by atoms with Gasteiger partial charge in [-0.1, -0.05) is 19.8 Å². The number of hydrogen-bond acceptors (Lipinski definition) is 4. The monoisotopic (exact) mass is 279 g/mol. The minimum atomic E-state index is -0.460. The van der Waals surface area contributed by atoms with E-state index in [1.807, 2.05) is 6.92 Å². The van der Waals surface area contributed by atoms with Crippen molar-refractivity contribution < 1.29 is 14.5 Å². The van der Waals surface area contributed by atoms with Gasteiger partial charge in [0.15, 0.2) is 0 Å². The molecule has 0 heterocycles. The van der Waals surface area contributed by atoms with Crippen LogP contribution in [0.3, 0.4) is 0 Å². The number of nitrogens with zero attached hydrogens (tertiary/aromatic N) is 1. The number of benzene rings is 1. The Kier molecular flexibility index (Phi) is 6.15. The van der Waals surface area contributed by atoms with E-state index in [1.165, 1.54) is 18.2 Å². The zero-order valence-electron chi connectivity index (χ0n) is 12.2. The van der Waals surface area contributed by atoms with Gasteiger partial charge in [0.2, 0.25) is 0 Å². The molecule has 0 N–H and O–H groups in total. The van der Waals surface area contributed by atoms with Gasteiger partial charge >= 0.3 is 5.97 Å². The van der Waals surface area contributed by atoms with Crippen molar-refractivity contribution in [3.05, 3.63) is 39.4 Å². The van der Waals surface area contributed by atoms with Crippen molar-refractivity contribution in [2.24, 2.45) is 0 Å². The van der Waals surface area contributed by atoms with Crippen LogP contribution in [0.5, 0.6) is 0 Å². The van der Waals surface area contributed by atoms with Crippen molar-refractivity contribution in [1.29, 1.82) is 0 Å². The number of ether oxygens (including phenoxy) is 1. The largest absolute Gasteiger partial charge is 0.459 e. The molecule has 0 aliphatic rings. The third kappa shape index (κ3) is 4.64. The van der Waals surface area contributed by atoms with Crippen molar-refractivity contribution in [2.75, 3.05) is 0 Å². The summed E-state index contributed by atoms with van der Waals surface area (Å²) in [6.45, 7) is 5.60. The molecule has 0 aromatic heterocycles. The molecule has 1 aromatic carbocycles. The van der Waals surface area contributed by atoms with Gasteiger partial charge in [0.1, 0.15) is 0 Å². The molecule has 0 aliphatic heterocycles. The van der Waals surface area contributed by atoms with Gasteiger partial charge in [-0.25, -0.2) is 4.79 Å². The molecule has 1 unspecified atom stereocenters. The first-order valence-electron chi connectivity index (χ1n) is 6.91. The number of nitro groups is 1. The van der Waals surface area contributed by atoms with Crippen LogP contribution in [0, 0.1) is 17.0 Å². The smallest absolute Gasteiger partial charge is 0.338 e. The number of hydrogen-bond donors (Lipinski definition) is 0. The summed E-state index contributed by atoms with van der Waals surface area (Å²) in [4.78, 5) is 22.2. The Bertz CT molecular complexity index is 485. The zero-order chi connectivity index (χ0) is 15.1. The van der Waals surface area contributed by atoms with E-state index in [0.29, 0.717) is 11.1 Å². The average molecular weight is 279 g/mol. The standard InChI is InChI=1S/C15H21NO4/c1-4-5-6-7-12(3)20-15(17)13-8-9-14(16(18)19)11(2)10-13/h8-10,12H,4-7H2,1-3H3. The molecule has 1 atom stereocenters. The van der Waals surface area contributed by atoms with Crippen LogP contribution < -0.4 is 0 Å². The summed E-state index contributed by atoms with van der Waals surface area (Å²) < 4.78 is 5.33. The van der Waals surface area contributed by atoms with Crippen LogP contribution >= 0.6 is 0 Å². The Balaban J connectivity index is 2.64. The Morgan fingerprint density at radius 2 is 2.10 bits per heavy atom. The highest BCUT2D eigenvalue weighted by Gasteiger charge is 2.16. The summed E-state index contributed by atoms with van der Waals surface area (Å²) in [5, 5.41) is 10.7. The number of aryl methyl sites for hydroxylation is 1. The van der Waals surface area contributed by atoms with Crippen LogP contribution in [0.25, 0.3) is 0 Å². The predicted molar refractivity (Wildman–Crippen MR) is 76.9 cm³/mol. The summed E-state index contributed by atoms with van der Waals surface area (Å²) in [6.07, 6.45) is 3.99. The number of unbranched alkanes of at least 4 members (excludes halogenated alkanes) is 2. The molecule has 110 valence electrons. The molecule has 0 saturated heterocycles. The fourth-order valence-electron chi connectivity index (χ4n) is 1.98. The Labute approximate surface area is 119 Å². The topological polar surface area (TPSA) is 69.4 Å². The van der Waals surface area contributed by atoms with Gasteiger partial charge in [-0.15, -0.1) is 0 Å². The van der Waals surface area contributed by atoms with Crippen molar-refractivity contribution in [3.8, 4) is 0 Å². The Morgan fingerprint density at radius 3 is 2.65 bits per heavy atom. The SMILES string of the molecule is CCCCCC(C)OC(=O)c1ccc([N+](=O)[O-])c(C)c1. The van der Waals surface area contributed by atoms with E-state index >= 15 is 0 Å². The summed E-state index contributed by atoms with van der Waals surface area (Å²) in [5.74, 6) is -0.424. The molecule has 20 heavy (non-hydrogen) atoms. The van der Waals surface area contributed by atoms with Gasteiger partial charge in [-0.2, -0.15) is 0 Å². The quantitative estimate of drug-likeness (QED) is 0.327. The van der Waals surface area contributed by atoms with Gasteiger partial charge in [-0.3, -0.25) is 10.1 Å². The van der Waals surface area contributed by atoms with E-state index < -0.39 is 10.9 Å². The minimum absolute atomic E-state index is 0.0116. The summed E-state index contributed by atoms with van der Waals surface area (Å²) in [7, 11) is 0. The molecular formula is C15H21NO4. The lowest BCUT2D eigenvalue weighted by molar-refractivity contribution is -0.385. The third-order valence-electron chi connectivity index (χ3n) is 3.15. The second-order valence-electron chi connectivity index (χ2n) is 4.97. The van der Waals surface area contributed by atoms with Crippen LogP contribution in [0.15, 0.2) is 18.2 Å². The maximum absolute atomic E-state index is 11.9. The van der Waals surface area contributed by atoms with Crippen molar-refractivity contribution in [3.63, 3.8) is 0 Å². The molecule has 5 heteroatoms. The number of esters is 1. The first-order valence-corrected chi connectivity index (χ1v) is 6.91. The molecule has 0 bridgehead atoms. The second-order valence-corrected chi connectivity index (χ2v) is 4.97. The van der Waals surface area contributed by atoms with Gasteiger partial charge in [0.05, 0.1) is 16.6 Å². The number of rotatable bonds is 7. The van der Waals surface area contributed by atoms with Gasteiger partial charge < -0.3 is 4.74 Å². The molecule has 0 spiro atoms. The highest BCUT2D eigenvalue weighted by atomic mass is 16.6. The molecule has 5 nitrogen and oxygen atoms in total. The summed E-state index contributed by atoms with van der Waals surface area (Å²) in [6, 6.07) is 4.28. The van der Waals surface area contributed by atoms with Crippen LogP contribution in [-0.2, 0) is 4.74 Å². The maximum Gasteiger partial charge on any atom is 0.338 e. The maximum atomic E-state index is 11.9. The van der Waals surface area contributed by atoms with Crippen LogP contribution in [0.4, 0.5) is 5.69 Å². The minimum Gasteiger partial charge on any atom is -0.459 e. The molecule has 0 fully saturated rings. The van der Waals surface area contributed by atoms with Crippen LogP contribution in [0.1, 0.15) is 55.5 Å². The van der Waals surface area contributed by atoms with Crippen molar-refractivity contribution >= 4 is 11.7 Å². The van der Waals surface area contributed by atoms with Crippen molar-refractivity contribution in [2.45, 2.75) is 52.6 Å². The molecule has 1 aromatic rings. The fraction of sp³-hybridized carbons (Fsp3) is 0.533. The van der Waals surface area contributed by atoms with E-state index in [0.717, 1.165) is 25.7 Å². The molecule has 0 saturated carbocycles. The molecule has 1 rings (SSSR count). The molecule has 0 aliphatic carbocycles. The summed E-state index contributed by atoms with van der Waals surface area (Å²) in [5.41, 5.74) is 0.830. The van der Waals surface area contributed by atoms with E-state index in [4.69, 9.17) is 4.74 Å². The normalized spacial score (nSPS) is 11.9. The lowest BCUT2D eigenvalue weighted by Gasteiger charge is -2.13. The highest BCUT2D eigenvalue weighted by Crippen LogP contribution is 2.20. The number of carbonyl (C=O) groups is 1. The molecule has 0 amide bonds. The Hall–Kier alpha value is -1.91. The third-order valence-corrected chi connectivity index (χ3v) is 3.15. The van der Waals surface area contributed by atoms with Crippen LogP contribution in [0.2, 0.25) is 0 Å². The first kappa shape index (κ1) is 16.1. The lowest BCUT2D eigenvalue weighted by Crippen LogP contribution is -2.15. The number of nitro benzene ring substituents is 1. The lowest BCUT2D eigenvalue weighted by atomic mass is 10.1. The average Bonchev–Trinajstić information content (AvgIpc) is 2.38. The highest BCUT2D eigenvalue weighted by molar-refractivity contribution is 5.90. The van der Waals surface area contributed by atoms with Gasteiger partial charge in [0.25, 0.3) is 5.69 Å².